The molecule has 1 aromatic heterocycles. The number of ether oxygens (including phenoxy) is 2. The minimum Gasteiger partial charge on any atom is -0.377 e. The normalized spacial score (nSPS) is 24.4. The monoisotopic (exact) mass is 252 g/mol. The summed E-state index contributed by atoms with van der Waals surface area (Å²) in [6.07, 6.45) is 0.261. The van der Waals surface area contributed by atoms with E-state index in [1.165, 1.54) is 0 Å². The van der Waals surface area contributed by atoms with Crippen molar-refractivity contribution in [2.45, 2.75) is 18.8 Å². The molecule has 0 amide bonds. The number of nitrogens with zero attached hydrogens (tertiary/aromatic N) is 2. The minimum atomic E-state index is 0.130. The van der Waals surface area contributed by atoms with Crippen molar-refractivity contribution < 1.29 is 9.47 Å². The van der Waals surface area contributed by atoms with E-state index in [1.807, 2.05) is 18.2 Å². The first-order chi connectivity index (χ1) is 8.76. The van der Waals surface area contributed by atoms with Crippen molar-refractivity contribution in [1.82, 2.24) is 9.88 Å². The Kier molecular flexibility index (Phi) is 4.48. The van der Waals surface area contributed by atoms with Crippen LogP contribution in [0.1, 0.15) is 5.69 Å². The fourth-order valence-corrected chi connectivity index (χ4v) is 2.28. The minimum absolute atomic E-state index is 0.130. The molecule has 1 aliphatic rings. The lowest BCUT2D eigenvalue weighted by Gasteiger charge is -2.14. The van der Waals surface area contributed by atoms with E-state index >= 15 is 0 Å². The number of anilines is 1. The van der Waals surface area contributed by atoms with E-state index < -0.39 is 0 Å². The molecule has 2 heterocycles. The zero-order valence-electron chi connectivity index (χ0n) is 10.8. The van der Waals surface area contributed by atoms with Crippen LogP contribution in [-0.2, 0) is 16.0 Å². The molecular weight excluding hydrogens is 232 g/mol. The van der Waals surface area contributed by atoms with Gasteiger partial charge in [0.1, 0.15) is 5.82 Å². The van der Waals surface area contributed by atoms with Gasteiger partial charge in [0.25, 0.3) is 0 Å². The summed E-state index contributed by atoms with van der Waals surface area (Å²) in [4.78, 5) is 6.67. The summed E-state index contributed by atoms with van der Waals surface area (Å²) in [6, 6.07) is 5.77. The highest BCUT2D eigenvalue weighted by Crippen LogP contribution is 2.18. The number of aromatic nitrogens is 1. The molecule has 1 fully saturated rings. The van der Waals surface area contributed by atoms with E-state index in [4.69, 9.17) is 15.3 Å². The molecule has 100 valence electrons. The molecule has 6 heteroatoms. The van der Waals surface area contributed by atoms with Gasteiger partial charge in [0.2, 0.25) is 0 Å². The molecule has 0 radical (unpaired) electrons. The standard InChI is InChI=1S/C12H20N4O2/c1-17-10-7-16(8-11(10)18-2)6-9-4-3-5-12(14-9)15-13/h3-5,10-11H,6-8,13H2,1-2H3,(H,14,15). The Labute approximate surface area is 107 Å². The number of likely N-dealkylation sites (tertiary alicyclic amines) is 1. The third-order valence-electron chi connectivity index (χ3n) is 3.24. The summed E-state index contributed by atoms with van der Waals surface area (Å²) in [7, 11) is 3.44. The fourth-order valence-electron chi connectivity index (χ4n) is 2.28. The molecule has 6 nitrogen and oxygen atoms in total. The molecule has 2 unspecified atom stereocenters. The Bertz CT molecular complexity index is 376. The van der Waals surface area contributed by atoms with Gasteiger partial charge in [0, 0.05) is 33.9 Å². The van der Waals surface area contributed by atoms with Gasteiger partial charge >= 0.3 is 0 Å². The summed E-state index contributed by atoms with van der Waals surface area (Å²) in [5.74, 6) is 6.03. The summed E-state index contributed by atoms with van der Waals surface area (Å²) >= 11 is 0. The Morgan fingerprint density at radius 3 is 2.56 bits per heavy atom. The Hall–Kier alpha value is -1.21. The number of hydrazine groups is 1. The second-order valence-electron chi connectivity index (χ2n) is 4.40. The maximum Gasteiger partial charge on any atom is 0.140 e. The second kappa shape index (κ2) is 6.10. The van der Waals surface area contributed by atoms with Crippen LogP contribution in [0.4, 0.5) is 5.82 Å². The number of rotatable bonds is 5. The van der Waals surface area contributed by atoms with Crippen LogP contribution in [-0.4, -0.2) is 49.4 Å². The van der Waals surface area contributed by atoms with E-state index in [9.17, 15) is 0 Å². The van der Waals surface area contributed by atoms with Crippen molar-refractivity contribution in [2.24, 2.45) is 5.84 Å². The van der Waals surface area contributed by atoms with Crippen molar-refractivity contribution >= 4 is 5.82 Å². The van der Waals surface area contributed by atoms with E-state index in [1.54, 1.807) is 14.2 Å². The van der Waals surface area contributed by atoms with Crippen LogP contribution in [0.3, 0.4) is 0 Å². The van der Waals surface area contributed by atoms with Crippen molar-refractivity contribution in [2.75, 3.05) is 32.7 Å². The average molecular weight is 252 g/mol. The lowest BCUT2D eigenvalue weighted by Crippen LogP contribution is -2.27. The van der Waals surface area contributed by atoms with Gasteiger partial charge in [-0.05, 0) is 12.1 Å². The molecule has 1 aromatic rings. The lowest BCUT2D eigenvalue weighted by molar-refractivity contribution is -0.00461. The van der Waals surface area contributed by atoms with Gasteiger partial charge in [-0.3, -0.25) is 4.90 Å². The molecule has 2 rings (SSSR count). The predicted molar refractivity (Wildman–Crippen MR) is 68.9 cm³/mol. The first-order valence-electron chi connectivity index (χ1n) is 5.97. The average Bonchev–Trinajstić information content (AvgIpc) is 2.81. The van der Waals surface area contributed by atoms with Crippen molar-refractivity contribution in [1.29, 1.82) is 0 Å². The van der Waals surface area contributed by atoms with E-state index in [0.29, 0.717) is 5.82 Å². The van der Waals surface area contributed by atoms with Crippen molar-refractivity contribution in [3.8, 4) is 0 Å². The zero-order chi connectivity index (χ0) is 13.0. The topological polar surface area (TPSA) is 72.6 Å². The third-order valence-corrected chi connectivity index (χ3v) is 3.24. The number of hydrogen-bond acceptors (Lipinski definition) is 6. The maximum absolute atomic E-state index is 5.41. The van der Waals surface area contributed by atoms with E-state index in [0.717, 1.165) is 25.3 Å². The van der Waals surface area contributed by atoms with Crippen LogP contribution >= 0.6 is 0 Å². The van der Waals surface area contributed by atoms with Gasteiger partial charge in [-0.25, -0.2) is 10.8 Å². The largest absolute Gasteiger partial charge is 0.377 e. The molecule has 1 aliphatic heterocycles. The number of pyridine rings is 1. The van der Waals surface area contributed by atoms with Crippen LogP contribution in [0.25, 0.3) is 0 Å². The molecule has 2 atom stereocenters. The summed E-state index contributed by atoms with van der Waals surface area (Å²) in [6.45, 7) is 2.49. The van der Waals surface area contributed by atoms with Gasteiger partial charge in [-0.2, -0.15) is 0 Å². The zero-order valence-corrected chi connectivity index (χ0v) is 10.8. The Morgan fingerprint density at radius 2 is 2.00 bits per heavy atom. The van der Waals surface area contributed by atoms with Crippen LogP contribution in [0.5, 0.6) is 0 Å². The quantitative estimate of drug-likeness (QED) is 0.576. The molecule has 0 bridgehead atoms. The number of nitrogens with two attached hydrogens (primary N) is 1. The predicted octanol–water partition coefficient (Wildman–Crippen LogP) is 0.213. The van der Waals surface area contributed by atoms with Crippen LogP contribution in [0.2, 0.25) is 0 Å². The van der Waals surface area contributed by atoms with Gasteiger partial charge in [0.15, 0.2) is 0 Å². The van der Waals surface area contributed by atoms with E-state index in [-0.39, 0.29) is 12.2 Å². The summed E-state index contributed by atoms with van der Waals surface area (Å²) in [5.41, 5.74) is 3.54. The molecule has 0 aliphatic carbocycles. The molecular formula is C12H20N4O2. The fraction of sp³-hybridized carbons (Fsp3) is 0.583. The molecule has 18 heavy (non-hydrogen) atoms. The Balaban J connectivity index is 1.97. The van der Waals surface area contributed by atoms with Crippen molar-refractivity contribution in [3.05, 3.63) is 23.9 Å². The summed E-state index contributed by atoms with van der Waals surface area (Å²) in [5, 5.41) is 0. The Morgan fingerprint density at radius 1 is 1.33 bits per heavy atom. The van der Waals surface area contributed by atoms with Gasteiger partial charge in [0.05, 0.1) is 17.9 Å². The van der Waals surface area contributed by atoms with Crippen LogP contribution in [0, 0.1) is 0 Å². The first-order valence-corrected chi connectivity index (χ1v) is 5.97. The first kappa shape index (κ1) is 13.2. The third kappa shape index (κ3) is 2.97. The van der Waals surface area contributed by atoms with Gasteiger partial charge < -0.3 is 14.9 Å². The maximum atomic E-state index is 5.41. The smallest absolute Gasteiger partial charge is 0.140 e. The molecule has 0 spiro atoms. The van der Waals surface area contributed by atoms with Gasteiger partial charge in [-0.1, -0.05) is 6.07 Å². The second-order valence-corrected chi connectivity index (χ2v) is 4.40. The number of methoxy groups -OCH3 is 2. The van der Waals surface area contributed by atoms with E-state index in [2.05, 4.69) is 15.3 Å². The number of nitrogen functional groups attached to an aromatic ring is 1. The number of hydrogen-bond donors (Lipinski definition) is 2. The molecule has 0 saturated carbocycles. The highest BCUT2D eigenvalue weighted by molar-refractivity contribution is 5.33. The SMILES string of the molecule is COC1CN(Cc2cccc(NN)n2)CC1OC. The van der Waals surface area contributed by atoms with Crippen LogP contribution in [0.15, 0.2) is 18.2 Å². The number of nitrogens with one attached hydrogen (secondary N) is 1. The van der Waals surface area contributed by atoms with Crippen molar-refractivity contribution in [3.63, 3.8) is 0 Å². The highest BCUT2D eigenvalue weighted by Gasteiger charge is 2.32. The molecule has 3 N–H and O–H groups in total. The van der Waals surface area contributed by atoms with Gasteiger partial charge in [-0.15, -0.1) is 0 Å². The summed E-state index contributed by atoms with van der Waals surface area (Å²) < 4.78 is 10.8. The van der Waals surface area contributed by atoms with Crippen LogP contribution < -0.4 is 11.3 Å². The molecule has 1 saturated heterocycles. The molecule has 0 aromatic carbocycles. The highest BCUT2D eigenvalue weighted by atomic mass is 16.5. The lowest BCUT2D eigenvalue weighted by atomic mass is 10.3.